The standard InChI is InChI=1S/C12H12ClF3N2O3/c1-2-21-11(20)9(17)10(19)18-8-5-6(12(14,15)16)3-4-7(8)13/h3-5,9H,2,17H2,1H3,(H,18,19). The fourth-order valence-electron chi connectivity index (χ4n) is 1.35. The molecule has 5 nitrogen and oxygen atoms in total. The van der Waals surface area contributed by atoms with E-state index in [1.165, 1.54) is 6.92 Å². The molecule has 1 unspecified atom stereocenters. The van der Waals surface area contributed by atoms with Gasteiger partial charge in [0.15, 0.2) is 6.04 Å². The lowest BCUT2D eigenvalue weighted by Crippen LogP contribution is -2.43. The third-order valence-electron chi connectivity index (χ3n) is 2.37. The minimum Gasteiger partial charge on any atom is -0.464 e. The minimum absolute atomic E-state index is 0.0180. The zero-order valence-electron chi connectivity index (χ0n) is 10.8. The SMILES string of the molecule is CCOC(=O)C(N)C(=O)Nc1cc(C(F)(F)F)ccc1Cl. The van der Waals surface area contributed by atoms with Gasteiger partial charge in [-0.25, -0.2) is 4.79 Å². The van der Waals surface area contributed by atoms with Crippen molar-refractivity contribution in [1.29, 1.82) is 0 Å². The van der Waals surface area contributed by atoms with Gasteiger partial charge in [-0.1, -0.05) is 11.6 Å². The Morgan fingerprint density at radius 1 is 1.43 bits per heavy atom. The first kappa shape index (κ1) is 17.3. The van der Waals surface area contributed by atoms with E-state index in [-0.39, 0.29) is 17.3 Å². The molecule has 0 aliphatic rings. The molecule has 0 aromatic heterocycles. The van der Waals surface area contributed by atoms with Gasteiger partial charge in [-0.05, 0) is 25.1 Å². The van der Waals surface area contributed by atoms with Gasteiger partial charge in [0.1, 0.15) is 0 Å². The summed E-state index contributed by atoms with van der Waals surface area (Å²) in [5, 5.41) is 1.95. The third kappa shape index (κ3) is 4.61. The quantitative estimate of drug-likeness (QED) is 0.657. The zero-order valence-corrected chi connectivity index (χ0v) is 11.6. The number of anilines is 1. The fraction of sp³-hybridized carbons (Fsp3) is 0.333. The van der Waals surface area contributed by atoms with E-state index in [0.29, 0.717) is 6.07 Å². The van der Waals surface area contributed by atoms with Gasteiger partial charge in [-0.15, -0.1) is 0 Å². The molecule has 21 heavy (non-hydrogen) atoms. The van der Waals surface area contributed by atoms with Gasteiger partial charge in [-0.3, -0.25) is 4.79 Å². The predicted molar refractivity (Wildman–Crippen MR) is 69.7 cm³/mol. The molecule has 0 saturated carbocycles. The zero-order chi connectivity index (χ0) is 16.2. The van der Waals surface area contributed by atoms with Gasteiger partial charge >= 0.3 is 12.1 Å². The highest BCUT2D eigenvalue weighted by molar-refractivity contribution is 6.33. The number of hydrogen-bond donors (Lipinski definition) is 2. The van der Waals surface area contributed by atoms with Crippen LogP contribution in [-0.2, 0) is 20.5 Å². The summed E-state index contributed by atoms with van der Waals surface area (Å²) >= 11 is 5.70. The Labute approximate surface area is 123 Å². The average Bonchev–Trinajstić information content (AvgIpc) is 2.39. The van der Waals surface area contributed by atoms with Gasteiger partial charge in [0, 0.05) is 0 Å². The number of rotatable bonds is 4. The summed E-state index contributed by atoms with van der Waals surface area (Å²) in [5.41, 5.74) is 4.03. The number of alkyl halides is 3. The van der Waals surface area contributed by atoms with Crippen LogP contribution in [0.5, 0.6) is 0 Å². The number of carbonyl (C=O) groups is 2. The minimum atomic E-state index is -4.59. The van der Waals surface area contributed by atoms with E-state index in [1.807, 2.05) is 0 Å². The number of esters is 1. The van der Waals surface area contributed by atoms with Crippen molar-refractivity contribution in [2.45, 2.75) is 19.1 Å². The maximum absolute atomic E-state index is 12.6. The lowest BCUT2D eigenvalue weighted by molar-refractivity contribution is -0.147. The van der Waals surface area contributed by atoms with Crippen molar-refractivity contribution < 1.29 is 27.5 Å². The summed E-state index contributed by atoms with van der Waals surface area (Å²) in [6.07, 6.45) is -4.59. The molecule has 0 spiro atoms. The molecule has 0 aliphatic heterocycles. The van der Waals surface area contributed by atoms with Crippen molar-refractivity contribution in [3.05, 3.63) is 28.8 Å². The van der Waals surface area contributed by atoms with Crippen LogP contribution in [0.1, 0.15) is 12.5 Å². The molecule has 1 aromatic carbocycles. The van der Waals surface area contributed by atoms with Crippen molar-refractivity contribution in [3.8, 4) is 0 Å². The van der Waals surface area contributed by atoms with Crippen molar-refractivity contribution in [3.63, 3.8) is 0 Å². The second-order valence-corrected chi connectivity index (χ2v) is 4.32. The summed E-state index contributed by atoms with van der Waals surface area (Å²) in [4.78, 5) is 22.9. The lowest BCUT2D eigenvalue weighted by atomic mass is 10.2. The Kier molecular flexibility index (Phi) is 5.56. The molecular weight excluding hydrogens is 313 g/mol. The van der Waals surface area contributed by atoms with Crippen LogP contribution in [0.15, 0.2) is 18.2 Å². The molecule has 1 rings (SSSR count). The van der Waals surface area contributed by atoms with Crippen molar-refractivity contribution in [2.24, 2.45) is 5.73 Å². The Bertz CT molecular complexity index is 549. The third-order valence-corrected chi connectivity index (χ3v) is 2.70. The number of hydrogen-bond acceptors (Lipinski definition) is 4. The van der Waals surface area contributed by atoms with Gasteiger partial charge in [0.05, 0.1) is 22.9 Å². The summed E-state index contributed by atoms with van der Waals surface area (Å²) in [6.45, 7) is 1.54. The molecule has 0 aliphatic carbocycles. The predicted octanol–water partition coefficient (Wildman–Crippen LogP) is 2.19. The molecular formula is C12H12ClF3N2O3. The van der Waals surface area contributed by atoms with Crippen LogP contribution in [-0.4, -0.2) is 24.5 Å². The first-order valence-corrected chi connectivity index (χ1v) is 6.14. The molecule has 0 bridgehead atoms. The molecule has 1 amide bonds. The molecule has 1 atom stereocenters. The van der Waals surface area contributed by atoms with Gasteiger partial charge < -0.3 is 15.8 Å². The normalized spacial score (nSPS) is 12.7. The van der Waals surface area contributed by atoms with E-state index < -0.39 is 29.7 Å². The van der Waals surface area contributed by atoms with Crippen molar-refractivity contribution >= 4 is 29.2 Å². The van der Waals surface area contributed by atoms with Crippen LogP contribution in [0.25, 0.3) is 0 Å². The summed E-state index contributed by atoms with van der Waals surface area (Å²) < 4.78 is 42.2. The van der Waals surface area contributed by atoms with E-state index in [1.54, 1.807) is 0 Å². The van der Waals surface area contributed by atoms with Gasteiger partial charge in [0.2, 0.25) is 0 Å². The number of nitrogens with two attached hydrogens (primary N) is 1. The molecule has 0 fully saturated rings. The highest BCUT2D eigenvalue weighted by Gasteiger charge is 2.31. The molecule has 0 radical (unpaired) electrons. The van der Waals surface area contributed by atoms with E-state index in [0.717, 1.165) is 12.1 Å². The van der Waals surface area contributed by atoms with Crippen molar-refractivity contribution in [1.82, 2.24) is 0 Å². The van der Waals surface area contributed by atoms with E-state index in [4.69, 9.17) is 17.3 Å². The Morgan fingerprint density at radius 2 is 2.05 bits per heavy atom. The monoisotopic (exact) mass is 324 g/mol. The smallest absolute Gasteiger partial charge is 0.416 e. The Balaban J connectivity index is 2.92. The second kappa shape index (κ2) is 6.77. The highest BCUT2D eigenvalue weighted by Crippen LogP contribution is 2.33. The van der Waals surface area contributed by atoms with E-state index in [2.05, 4.69) is 10.1 Å². The van der Waals surface area contributed by atoms with Crippen molar-refractivity contribution in [2.75, 3.05) is 11.9 Å². The summed E-state index contributed by atoms with van der Waals surface area (Å²) in [7, 11) is 0. The highest BCUT2D eigenvalue weighted by atomic mass is 35.5. The fourth-order valence-corrected chi connectivity index (χ4v) is 1.51. The summed E-state index contributed by atoms with van der Waals surface area (Å²) in [6, 6.07) is 0.743. The van der Waals surface area contributed by atoms with Gasteiger partial charge in [-0.2, -0.15) is 13.2 Å². The molecule has 0 heterocycles. The first-order chi connectivity index (χ1) is 9.66. The lowest BCUT2D eigenvalue weighted by Gasteiger charge is -2.14. The van der Waals surface area contributed by atoms with Crippen LogP contribution >= 0.6 is 11.6 Å². The van der Waals surface area contributed by atoms with Gasteiger partial charge in [0.25, 0.3) is 5.91 Å². The first-order valence-electron chi connectivity index (χ1n) is 5.76. The number of halogens is 4. The van der Waals surface area contributed by atoms with E-state index >= 15 is 0 Å². The van der Waals surface area contributed by atoms with Crippen LogP contribution in [0.4, 0.5) is 18.9 Å². The van der Waals surface area contributed by atoms with Crippen LogP contribution in [0.3, 0.4) is 0 Å². The number of amides is 1. The molecule has 116 valence electrons. The topological polar surface area (TPSA) is 81.4 Å². The molecule has 9 heteroatoms. The Hall–Kier alpha value is -1.80. The van der Waals surface area contributed by atoms with Crippen LogP contribution in [0, 0.1) is 0 Å². The maximum atomic E-state index is 12.6. The molecule has 1 aromatic rings. The summed E-state index contributed by atoms with van der Waals surface area (Å²) in [5.74, 6) is -2.01. The number of ether oxygens (including phenoxy) is 1. The van der Waals surface area contributed by atoms with Crippen LogP contribution in [0.2, 0.25) is 5.02 Å². The number of benzene rings is 1. The van der Waals surface area contributed by atoms with Crippen LogP contribution < -0.4 is 11.1 Å². The maximum Gasteiger partial charge on any atom is 0.416 e. The second-order valence-electron chi connectivity index (χ2n) is 3.91. The largest absolute Gasteiger partial charge is 0.464 e. The molecule has 0 saturated heterocycles. The Morgan fingerprint density at radius 3 is 2.57 bits per heavy atom. The van der Waals surface area contributed by atoms with E-state index in [9.17, 15) is 22.8 Å². The average molecular weight is 325 g/mol. The molecule has 3 N–H and O–H groups in total. The number of nitrogens with one attached hydrogen (secondary N) is 1. The number of carbonyl (C=O) groups excluding carboxylic acids is 2.